The Morgan fingerprint density at radius 2 is 1.41 bits per heavy atom. The highest BCUT2D eigenvalue weighted by Crippen LogP contribution is 2.39. The predicted molar refractivity (Wildman–Crippen MR) is 125 cm³/mol. The first-order valence-corrected chi connectivity index (χ1v) is 11.7. The summed E-state index contributed by atoms with van der Waals surface area (Å²) >= 11 is 0. The van der Waals surface area contributed by atoms with Gasteiger partial charge in [0, 0.05) is 38.1 Å². The Balaban J connectivity index is 1.53. The number of aromatic nitrogens is 4. The maximum atomic E-state index is 10.7. The van der Waals surface area contributed by atoms with Gasteiger partial charge in [-0.15, -0.1) is 10.2 Å². The maximum Gasteiger partial charge on any atom is 0.275 e. The summed E-state index contributed by atoms with van der Waals surface area (Å²) in [4.78, 5) is 18.5. The van der Waals surface area contributed by atoms with Gasteiger partial charge in [-0.1, -0.05) is 18.2 Å². The SMILES string of the molecule is CCn1c(O)c(N=Nc2nc(N3CCCCC3)nc(N3CCCCC3)n2)c2ccccc21. The second kappa shape index (κ2) is 9.10. The Kier molecular flexibility index (Phi) is 5.87. The van der Waals surface area contributed by atoms with E-state index in [0.717, 1.165) is 62.8 Å². The Morgan fingerprint density at radius 1 is 0.812 bits per heavy atom. The molecule has 0 radical (unpaired) electrons. The van der Waals surface area contributed by atoms with Crippen molar-refractivity contribution in [3.05, 3.63) is 24.3 Å². The lowest BCUT2D eigenvalue weighted by Crippen LogP contribution is -2.34. The number of rotatable bonds is 5. The maximum absolute atomic E-state index is 10.7. The summed E-state index contributed by atoms with van der Waals surface area (Å²) in [5.41, 5.74) is 1.38. The van der Waals surface area contributed by atoms with Crippen molar-refractivity contribution in [3.63, 3.8) is 0 Å². The summed E-state index contributed by atoms with van der Waals surface area (Å²) in [6, 6.07) is 7.81. The number of aryl methyl sites for hydroxylation is 1. The van der Waals surface area contributed by atoms with Gasteiger partial charge in [0.15, 0.2) is 5.69 Å². The van der Waals surface area contributed by atoms with Crippen LogP contribution >= 0.6 is 0 Å². The summed E-state index contributed by atoms with van der Waals surface area (Å²) in [6.07, 6.45) is 7.07. The summed E-state index contributed by atoms with van der Waals surface area (Å²) in [6.45, 7) is 6.44. The molecule has 5 rings (SSSR count). The molecule has 0 atom stereocenters. The molecule has 9 heteroatoms. The summed E-state index contributed by atoms with van der Waals surface area (Å²) in [5.74, 6) is 1.75. The van der Waals surface area contributed by atoms with Crippen LogP contribution in [0.3, 0.4) is 0 Å². The average Bonchev–Trinajstić information content (AvgIpc) is 3.14. The molecule has 2 aliphatic heterocycles. The lowest BCUT2D eigenvalue weighted by atomic mass is 10.1. The van der Waals surface area contributed by atoms with Gasteiger partial charge in [0.2, 0.25) is 17.8 Å². The Morgan fingerprint density at radius 3 is 2.00 bits per heavy atom. The number of aromatic hydroxyl groups is 1. The quantitative estimate of drug-likeness (QED) is 0.571. The summed E-state index contributed by atoms with van der Waals surface area (Å²) in [5, 5.41) is 20.4. The molecule has 1 N–H and O–H groups in total. The van der Waals surface area contributed by atoms with E-state index in [-0.39, 0.29) is 11.8 Å². The molecule has 3 aromatic rings. The molecule has 32 heavy (non-hydrogen) atoms. The van der Waals surface area contributed by atoms with Crippen LogP contribution in [0.2, 0.25) is 0 Å². The lowest BCUT2D eigenvalue weighted by molar-refractivity contribution is 0.427. The Labute approximate surface area is 187 Å². The van der Waals surface area contributed by atoms with Gasteiger partial charge in [0.1, 0.15) is 0 Å². The van der Waals surface area contributed by atoms with E-state index in [9.17, 15) is 5.11 Å². The molecular formula is C23H30N8O. The van der Waals surface area contributed by atoms with Crippen LogP contribution < -0.4 is 9.80 Å². The molecule has 2 saturated heterocycles. The van der Waals surface area contributed by atoms with Crippen molar-refractivity contribution in [1.29, 1.82) is 0 Å². The molecule has 2 aliphatic rings. The van der Waals surface area contributed by atoms with Crippen molar-refractivity contribution >= 4 is 34.4 Å². The highest BCUT2D eigenvalue weighted by molar-refractivity contribution is 5.94. The number of piperidine rings is 2. The van der Waals surface area contributed by atoms with E-state index in [1.807, 2.05) is 35.8 Å². The number of nitrogens with zero attached hydrogens (tertiary/aromatic N) is 8. The molecule has 2 aromatic heterocycles. The highest BCUT2D eigenvalue weighted by atomic mass is 16.3. The zero-order chi connectivity index (χ0) is 21.9. The van der Waals surface area contributed by atoms with Gasteiger partial charge in [-0.2, -0.15) is 15.0 Å². The number of hydrogen-bond donors (Lipinski definition) is 1. The topological polar surface area (TPSA) is 95.0 Å². The fourth-order valence-corrected chi connectivity index (χ4v) is 4.64. The molecular weight excluding hydrogens is 404 g/mol. The first kappa shape index (κ1) is 20.7. The van der Waals surface area contributed by atoms with Crippen molar-refractivity contribution in [1.82, 2.24) is 19.5 Å². The van der Waals surface area contributed by atoms with Gasteiger partial charge in [-0.3, -0.25) is 0 Å². The van der Waals surface area contributed by atoms with Crippen molar-refractivity contribution in [2.75, 3.05) is 36.0 Å². The van der Waals surface area contributed by atoms with Crippen molar-refractivity contribution in [2.45, 2.75) is 52.0 Å². The van der Waals surface area contributed by atoms with Crippen LogP contribution in [0.25, 0.3) is 10.9 Å². The van der Waals surface area contributed by atoms with Gasteiger partial charge in [0.25, 0.3) is 5.95 Å². The van der Waals surface area contributed by atoms with E-state index in [1.165, 1.54) is 12.8 Å². The van der Waals surface area contributed by atoms with Crippen LogP contribution in [0.4, 0.5) is 23.5 Å². The van der Waals surface area contributed by atoms with E-state index in [0.29, 0.717) is 24.1 Å². The van der Waals surface area contributed by atoms with Crippen molar-refractivity contribution in [2.24, 2.45) is 10.2 Å². The molecule has 0 bridgehead atoms. The minimum atomic E-state index is 0.110. The normalized spacial score (nSPS) is 17.5. The van der Waals surface area contributed by atoms with Gasteiger partial charge < -0.3 is 19.5 Å². The molecule has 0 saturated carbocycles. The molecule has 4 heterocycles. The van der Waals surface area contributed by atoms with Crippen LogP contribution in [-0.4, -0.2) is 50.8 Å². The lowest BCUT2D eigenvalue weighted by Gasteiger charge is -2.29. The van der Waals surface area contributed by atoms with E-state index in [4.69, 9.17) is 4.98 Å². The third-order valence-electron chi connectivity index (χ3n) is 6.35. The third kappa shape index (κ3) is 3.99. The second-order valence-corrected chi connectivity index (χ2v) is 8.46. The first-order valence-electron chi connectivity index (χ1n) is 11.7. The fourth-order valence-electron chi connectivity index (χ4n) is 4.64. The number of para-hydroxylation sites is 1. The van der Waals surface area contributed by atoms with Crippen molar-refractivity contribution in [3.8, 4) is 5.88 Å². The number of hydrogen-bond acceptors (Lipinski definition) is 8. The smallest absolute Gasteiger partial charge is 0.275 e. The predicted octanol–water partition coefficient (Wildman–Crippen LogP) is 4.95. The largest absolute Gasteiger partial charge is 0.493 e. The molecule has 168 valence electrons. The number of fused-ring (bicyclic) bond motifs is 1. The van der Waals surface area contributed by atoms with E-state index < -0.39 is 0 Å². The van der Waals surface area contributed by atoms with Crippen LogP contribution in [0.1, 0.15) is 45.4 Å². The van der Waals surface area contributed by atoms with Crippen LogP contribution in [0, 0.1) is 0 Å². The molecule has 0 unspecified atom stereocenters. The minimum absolute atomic E-state index is 0.110. The van der Waals surface area contributed by atoms with Crippen LogP contribution in [0.5, 0.6) is 5.88 Å². The molecule has 0 amide bonds. The zero-order valence-corrected chi connectivity index (χ0v) is 18.6. The molecule has 9 nitrogen and oxygen atoms in total. The Bertz CT molecular complexity index is 1080. The average molecular weight is 435 g/mol. The molecule has 1 aromatic carbocycles. The second-order valence-electron chi connectivity index (χ2n) is 8.46. The third-order valence-corrected chi connectivity index (χ3v) is 6.35. The van der Waals surface area contributed by atoms with E-state index >= 15 is 0 Å². The number of anilines is 2. The standard InChI is InChI=1S/C23H30N8O/c1-2-31-18-12-6-5-11-17(18)19(20(31)32)27-28-21-24-22(29-13-7-3-8-14-29)26-23(25-21)30-15-9-4-10-16-30/h5-6,11-12,32H,2-4,7-10,13-16H2,1H3. The summed E-state index contributed by atoms with van der Waals surface area (Å²) < 4.78 is 1.83. The highest BCUT2D eigenvalue weighted by Gasteiger charge is 2.21. The summed E-state index contributed by atoms with van der Waals surface area (Å²) in [7, 11) is 0. The Hall–Kier alpha value is -3.23. The van der Waals surface area contributed by atoms with E-state index in [2.05, 4.69) is 30.0 Å². The fraction of sp³-hybridized carbons (Fsp3) is 0.522. The molecule has 2 fully saturated rings. The molecule has 0 spiro atoms. The molecule has 0 aliphatic carbocycles. The van der Waals surface area contributed by atoms with Crippen LogP contribution in [0.15, 0.2) is 34.5 Å². The van der Waals surface area contributed by atoms with Gasteiger partial charge >= 0.3 is 0 Å². The van der Waals surface area contributed by atoms with Gasteiger partial charge in [0.05, 0.1) is 5.52 Å². The number of azo groups is 1. The van der Waals surface area contributed by atoms with E-state index in [1.54, 1.807) is 0 Å². The van der Waals surface area contributed by atoms with Crippen molar-refractivity contribution < 1.29 is 5.11 Å². The minimum Gasteiger partial charge on any atom is -0.493 e. The monoisotopic (exact) mass is 434 g/mol. The zero-order valence-electron chi connectivity index (χ0n) is 18.6. The number of benzene rings is 1. The van der Waals surface area contributed by atoms with Gasteiger partial charge in [-0.05, 0) is 51.5 Å². The first-order chi connectivity index (χ1) is 15.7. The van der Waals surface area contributed by atoms with Crippen LogP contribution in [-0.2, 0) is 6.54 Å². The van der Waals surface area contributed by atoms with Gasteiger partial charge in [-0.25, -0.2) is 0 Å².